The number of aliphatic carboxylic acids is 1. The molecular formula is C75H88Cl2N6O27. The first-order chi connectivity index (χ1) is 52.1. The van der Waals surface area contributed by atoms with E-state index in [-0.39, 0.29) is 59.4 Å². The molecule has 19 atom stereocenters. The molecule has 5 amide bonds. The van der Waals surface area contributed by atoms with Crippen molar-refractivity contribution in [3.63, 3.8) is 0 Å². The van der Waals surface area contributed by atoms with Gasteiger partial charge in [-0.1, -0.05) is 62.2 Å². The number of ketones is 2. The Balaban J connectivity index is 1.22. The molecule has 7 aliphatic heterocycles. The second-order valence-electron chi connectivity index (χ2n) is 28.3. The van der Waals surface area contributed by atoms with Crippen molar-refractivity contribution < 1.29 is 132 Å². The fraction of sp³-hybridized carbons (Fsp3) is 0.480. The van der Waals surface area contributed by atoms with Crippen molar-refractivity contribution in [2.24, 2.45) is 23.5 Å². The van der Waals surface area contributed by atoms with Crippen LogP contribution in [0.5, 0.6) is 46.0 Å². The summed E-state index contributed by atoms with van der Waals surface area (Å²) in [7, 11) is 1.17. The summed E-state index contributed by atoms with van der Waals surface area (Å²) in [5.74, 6) is -20.0. The van der Waals surface area contributed by atoms with Crippen LogP contribution in [0.1, 0.15) is 138 Å². The summed E-state index contributed by atoms with van der Waals surface area (Å²) in [5.41, 5.74) is 1.91. The SMILES string of the molecule is CCOC(CNC1(C)CC(OC2C(Oc3c4cc5cc3Oc3ccc(cc3Cl)[C@@H](O)[C@@H]3NC(=O)C(CC(=O)C5NC(=O)C(CC(N)=O)CC(=O)[C@@H](NC(=O)[C@H](CC)CC(C)C)C(O)c5ccc(c(Cl)c5)O4)c4ccc(O)c(c4)-c4c(O)cc(O)cc4C(C(=O)O)NC3=O)OC(CO)C(O)C2O)OC(C)C1O)C(=O)OC. The van der Waals surface area contributed by atoms with Crippen molar-refractivity contribution in [2.45, 2.75) is 183 Å². The van der Waals surface area contributed by atoms with E-state index in [1.807, 2.05) is 13.8 Å². The molecule has 35 heteroatoms. The molecule has 0 saturated carbocycles. The number of halogens is 2. The van der Waals surface area contributed by atoms with Crippen LogP contribution in [-0.4, -0.2) is 204 Å². The predicted molar refractivity (Wildman–Crippen MR) is 384 cm³/mol. The third kappa shape index (κ3) is 18.2. The number of hydrogen-bond donors (Lipinski definition) is 16. The van der Waals surface area contributed by atoms with Crippen LogP contribution < -0.4 is 46.5 Å². The van der Waals surface area contributed by atoms with Gasteiger partial charge in [0, 0.05) is 73.0 Å². The number of hydrogen-bond acceptors (Lipinski definition) is 27. The maximum absolute atomic E-state index is 16.3. The minimum Gasteiger partial charge on any atom is -0.508 e. The molecule has 0 aliphatic carbocycles. The molecule has 15 unspecified atom stereocenters. The Morgan fingerprint density at radius 1 is 0.745 bits per heavy atom. The zero-order chi connectivity index (χ0) is 80.2. The molecule has 7 aliphatic rings. The topological polar surface area (TPSA) is 516 Å². The average Bonchev–Trinajstić information content (AvgIpc) is 0.766. The van der Waals surface area contributed by atoms with Gasteiger partial charge in [-0.25, -0.2) is 9.59 Å². The number of carboxylic acids is 1. The fourth-order valence-corrected chi connectivity index (χ4v) is 14.7. The van der Waals surface area contributed by atoms with Gasteiger partial charge >= 0.3 is 11.9 Å². The number of ether oxygens (including phenoxy) is 8. The highest BCUT2D eigenvalue weighted by atomic mass is 35.5. The van der Waals surface area contributed by atoms with Gasteiger partial charge in [-0.2, -0.15) is 0 Å². The number of carboxylic acid groups (broad SMARTS) is 1. The van der Waals surface area contributed by atoms with Crippen LogP contribution in [0.15, 0.2) is 78.9 Å². The lowest BCUT2D eigenvalue weighted by atomic mass is 9.84. The number of esters is 1. The molecule has 33 nitrogen and oxygen atoms in total. The Hall–Kier alpha value is -9.33. The second-order valence-corrected chi connectivity index (χ2v) is 29.1. The second kappa shape index (κ2) is 34.9. The van der Waals surface area contributed by atoms with Crippen molar-refractivity contribution in [3.8, 4) is 57.1 Å². The lowest BCUT2D eigenvalue weighted by Crippen LogP contribution is -2.66. The van der Waals surface area contributed by atoms with Crippen LogP contribution in [0, 0.1) is 17.8 Å². The molecular weight excluding hydrogens is 1490 g/mol. The van der Waals surface area contributed by atoms with Gasteiger partial charge in [-0.05, 0) is 116 Å². The molecule has 2 saturated heterocycles. The third-order valence-corrected chi connectivity index (χ3v) is 20.7. The van der Waals surface area contributed by atoms with Crippen LogP contribution >= 0.6 is 23.2 Å². The largest absolute Gasteiger partial charge is 0.508 e. The number of rotatable bonds is 19. The zero-order valence-electron chi connectivity index (χ0n) is 60.6. The number of phenolic OH excluding ortho intramolecular Hbond substituents is 3. The maximum Gasteiger partial charge on any atom is 0.336 e. The summed E-state index contributed by atoms with van der Waals surface area (Å²) >= 11 is 14.3. The van der Waals surface area contributed by atoms with E-state index < -0.39 is 261 Å². The van der Waals surface area contributed by atoms with Crippen LogP contribution in [0.2, 0.25) is 10.0 Å². The highest BCUT2D eigenvalue weighted by Crippen LogP contribution is 2.50. The number of phenols is 3. The van der Waals surface area contributed by atoms with Crippen LogP contribution in [-0.2, 0) is 66.8 Å². The Kier molecular flexibility index (Phi) is 26.4. The molecule has 12 rings (SSSR count). The zero-order valence-corrected chi connectivity index (χ0v) is 62.1. The van der Waals surface area contributed by atoms with Crippen molar-refractivity contribution in [3.05, 3.63) is 117 Å². The lowest BCUT2D eigenvalue weighted by Gasteiger charge is -2.48. The molecule has 7 heterocycles. The summed E-state index contributed by atoms with van der Waals surface area (Å²) in [6.07, 6.45) is -21.8. The Labute approximate surface area is 639 Å². The highest BCUT2D eigenvalue weighted by Gasteiger charge is 2.53. The molecule has 17 N–H and O–H groups in total. The molecule has 5 aromatic rings. The third-order valence-electron chi connectivity index (χ3n) is 20.1. The number of nitrogens with one attached hydrogen (secondary N) is 5. The van der Waals surface area contributed by atoms with Crippen molar-refractivity contribution in [2.75, 3.05) is 26.9 Å². The van der Waals surface area contributed by atoms with Gasteiger partial charge in [0.15, 0.2) is 47.6 Å². The molecule has 11 bridgehead atoms. The maximum atomic E-state index is 16.3. The molecule has 2 fully saturated rings. The minimum absolute atomic E-state index is 0.0292. The van der Waals surface area contributed by atoms with Crippen molar-refractivity contribution >= 4 is 76.2 Å². The van der Waals surface area contributed by atoms with Gasteiger partial charge in [0.05, 0.1) is 47.8 Å². The quantitative estimate of drug-likeness (QED) is 0.0524. The van der Waals surface area contributed by atoms with E-state index in [2.05, 4.69) is 26.6 Å². The number of primary amides is 1. The average molecular weight is 1580 g/mol. The molecule has 0 aromatic heterocycles. The van der Waals surface area contributed by atoms with Crippen LogP contribution in [0.4, 0.5) is 0 Å². The number of Topliss-reactive ketones (excluding diaryl/α,β-unsaturated/α-hetero) is 2. The first-order valence-corrected chi connectivity index (χ1v) is 36.2. The van der Waals surface area contributed by atoms with Crippen molar-refractivity contribution in [1.29, 1.82) is 0 Å². The van der Waals surface area contributed by atoms with Gasteiger partial charge in [-0.15, -0.1) is 0 Å². The number of aromatic hydroxyl groups is 3. The first kappa shape index (κ1) is 83.1. The van der Waals surface area contributed by atoms with Gasteiger partial charge in [-0.3, -0.25) is 33.6 Å². The number of carbonyl (C=O) groups is 9. The number of aliphatic hydroxyl groups is 6. The van der Waals surface area contributed by atoms with E-state index in [4.69, 9.17) is 66.8 Å². The lowest BCUT2D eigenvalue weighted by molar-refractivity contribution is -0.334. The van der Waals surface area contributed by atoms with Crippen molar-refractivity contribution in [1.82, 2.24) is 26.6 Å². The number of carbonyl (C=O) groups excluding carboxylic acids is 8. The molecule has 5 aromatic carbocycles. The normalized spacial score (nSPS) is 28.4. The van der Waals surface area contributed by atoms with E-state index in [1.165, 1.54) is 32.2 Å². The summed E-state index contributed by atoms with van der Waals surface area (Å²) in [6.45, 7) is 9.11. The fourth-order valence-electron chi connectivity index (χ4n) is 14.2. The number of amides is 5. The highest BCUT2D eigenvalue weighted by molar-refractivity contribution is 6.32. The van der Waals surface area contributed by atoms with E-state index in [0.29, 0.717) is 6.42 Å². The van der Waals surface area contributed by atoms with Crippen LogP contribution in [0.3, 0.4) is 0 Å². The Morgan fingerprint density at radius 3 is 1.98 bits per heavy atom. The monoisotopic (exact) mass is 1570 g/mol. The van der Waals surface area contributed by atoms with Crippen LogP contribution in [0.25, 0.3) is 11.1 Å². The number of nitrogens with two attached hydrogens (primary N) is 1. The standard InChI is InChI=1S/C75H88Cl2N6O27/c1-8-32(16-30(3)4)68(96)82-59-46(88)20-37(23-54(78)90)69(97)80-57-36-21-50(106-48-14-11-34(61(59)91)18-42(48)76)65(110-74-66(64(94)63(93)53(29-84)108-74)109-55-27-75(6,67(95)31(5)105-55)79-28-52(104-9-2)73(102)103-7)51(22-36)107-49-15-12-35(19-43(49)77)62(92)60-71(99)81-58(72(100)101)41-24-38(85)25-45(87)56(41)40-17-33(10-13-44(40)86)39(26-47(57)89)70(98)83-60/h10-15,17-19,21-22,24-25,30-32,37,39,52-53,55,57-64,66-67,74,79,84-87,91-95H,8-9,16,20,23,26-29H2,1-7H3,(H2,78,90)(H,80,97)(H,81,99)(H,82,96)(H,83,98)(H,100,101)/t31?,32-,37?,39?,52?,53?,55?,57?,58?,59-,60+,61?,62-,63?,64?,66?,67?,74?,75?/m1/s1. The van der Waals surface area contributed by atoms with E-state index in [9.17, 15) is 75.0 Å². The van der Waals surface area contributed by atoms with Gasteiger partial charge in [0.1, 0.15) is 77.4 Å². The van der Waals surface area contributed by atoms with E-state index >= 15 is 19.2 Å². The number of aliphatic hydroxyl groups excluding tert-OH is 6. The van der Waals surface area contributed by atoms with E-state index in [1.54, 1.807) is 20.8 Å². The molecule has 0 radical (unpaired) electrons. The van der Waals surface area contributed by atoms with E-state index in [0.717, 1.165) is 60.7 Å². The summed E-state index contributed by atoms with van der Waals surface area (Å²) in [4.78, 5) is 131. The number of benzene rings is 5. The Morgan fingerprint density at radius 2 is 1.39 bits per heavy atom. The Bertz CT molecular complexity index is 4340. The predicted octanol–water partition coefficient (Wildman–Crippen LogP) is 3.73. The summed E-state index contributed by atoms with van der Waals surface area (Å²) in [5, 5.41) is 128. The summed E-state index contributed by atoms with van der Waals surface area (Å²) < 4.78 is 49.7. The van der Waals surface area contributed by atoms with Gasteiger partial charge in [0.2, 0.25) is 41.6 Å². The smallest absolute Gasteiger partial charge is 0.336 e. The van der Waals surface area contributed by atoms with Gasteiger partial charge < -0.3 is 121 Å². The first-order valence-electron chi connectivity index (χ1n) is 35.5. The van der Waals surface area contributed by atoms with Gasteiger partial charge in [0.25, 0.3) is 0 Å². The number of fused-ring (bicyclic) bond motifs is 15. The minimum atomic E-state index is -2.26. The molecule has 0 spiro atoms. The molecule has 110 heavy (non-hydrogen) atoms. The number of methoxy groups -OCH3 is 1. The summed E-state index contributed by atoms with van der Waals surface area (Å²) in [6, 6.07) is 5.44. The molecule has 594 valence electrons.